The molecule has 2 aliphatic rings. The SMILES string of the molecule is O=C1C=CC(CCNCc2cc3c(cc2Br)OCO3)CC1. The number of benzene rings is 1. The minimum atomic E-state index is 0.253. The zero-order valence-electron chi connectivity index (χ0n) is 11.7. The number of fused-ring (bicyclic) bond motifs is 1. The van der Waals surface area contributed by atoms with Crippen molar-refractivity contribution in [2.24, 2.45) is 5.92 Å². The summed E-state index contributed by atoms with van der Waals surface area (Å²) in [5.41, 5.74) is 1.16. The molecule has 4 nitrogen and oxygen atoms in total. The molecule has 1 unspecified atom stereocenters. The van der Waals surface area contributed by atoms with Crippen molar-refractivity contribution in [2.75, 3.05) is 13.3 Å². The van der Waals surface area contributed by atoms with E-state index in [0.29, 0.717) is 19.1 Å². The van der Waals surface area contributed by atoms with Gasteiger partial charge in [-0.05, 0) is 49.1 Å². The van der Waals surface area contributed by atoms with Crippen LogP contribution in [0.5, 0.6) is 11.5 Å². The lowest BCUT2D eigenvalue weighted by atomic mass is 9.92. The second-order valence-electron chi connectivity index (χ2n) is 5.39. The molecule has 1 atom stereocenters. The van der Waals surface area contributed by atoms with Crippen LogP contribution in [0.15, 0.2) is 28.8 Å². The van der Waals surface area contributed by atoms with Gasteiger partial charge < -0.3 is 14.8 Å². The molecule has 5 heteroatoms. The molecule has 0 amide bonds. The summed E-state index contributed by atoms with van der Waals surface area (Å²) in [6.45, 7) is 2.02. The van der Waals surface area contributed by atoms with Gasteiger partial charge in [-0.1, -0.05) is 22.0 Å². The van der Waals surface area contributed by atoms with Gasteiger partial charge >= 0.3 is 0 Å². The Labute approximate surface area is 132 Å². The van der Waals surface area contributed by atoms with E-state index in [2.05, 4.69) is 21.2 Å². The van der Waals surface area contributed by atoms with Gasteiger partial charge in [0.05, 0.1) is 0 Å². The highest BCUT2D eigenvalue weighted by molar-refractivity contribution is 9.10. The van der Waals surface area contributed by atoms with Gasteiger partial charge in [0.15, 0.2) is 17.3 Å². The molecular weight excluding hydrogens is 334 g/mol. The molecule has 0 aromatic heterocycles. The second kappa shape index (κ2) is 6.62. The highest BCUT2D eigenvalue weighted by Crippen LogP contribution is 2.36. The topological polar surface area (TPSA) is 47.6 Å². The highest BCUT2D eigenvalue weighted by atomic mass is 79.9. The standard InChI is InChI=1S/C16H18BrNO3/c17-14-8-16-15(20-10-21-16)7-12(14)9-18-6-5-11-1-3-13(19)4-2-11/h1,3,7-8,11,18H,2,4-6,9-10H2. The van der Waals surface area contributed by atoms with E-state index in [9.17, 15) is 4.79 Å². The summed E-state index contributed by atoms with van der Waals surface area (Å²) in [4.78, 5) is 11.1. The molecule has 1 N–H and O–H groups in total. The Kier molecular flexibility index (Phi) is 4.60. The quantitative estimate of drug-likeness (QED) is 0.827. The normalized spacial score (nSPS) is 20.0. The van der Waals surface area contributed by atoms with E-state index < -0.39 is 0 Å². The van der Waals surface area contributed by atoms with Crippen LogP contribution in [0.25, 0.3) is 0 Å². The Morgan fingerprint density at radius 2 is 2.10 bits per heavy atom. The van der Waals surface area contributed by atoms with Crippen molar-refractivity contribution in [3.05, 3.63) is 34.3 Å². The number of hydrogen-bond donors (Lipinski definition) is 1. The van der Waals surface area contributed by atoms with E-state index in [-0.39, 0.29) is 5.78 Å². The smallest absolute Gasteiger partial charge is 0.231 e. The predicted molar refractivity (Wildman–Crippen MR) is 83.5 cm³/mol. The average Bonchev–Trinajstić information content (AvgIpc) is 2.92. The van der Waals surface area contributed by atoms with Crippen molar-refractivity contribution in [3.8, 4) is 11.5 Å². The van der Waals surface area contributed by atoms with E-state index in [4.69, 9.17) is 9.47 Å². The Morgan fingerprint density at radius 3 is 2.86 bits per heavy atom. The van der Waals surface area contributed by atoms with Crippen molar-refractivity contribution < 1.29 is 14.3 Å². The van der Waals surface area contributed by atoms with Crippen LogP contribution in [-0.4, -0.2) is 19.1 Å². The maximum Gasteiger partial charge on any atom is 0.231 e. The maximum absolute atomic E-state index is 11.1. The van der Waals surface area contributed by atoms with Gasteiger partial charge in [-0.15, -0.1) is 0 Å². The zero-order chi connectivity index (χ0) is 14.7. The van der Waals surface area contributed by atoms with E-state index >= 15 is 0 Å². The van der Waals surface area contributed by atoms with Gasteiger partial charge in [0.2, 0.25) is 6.79 Å². The molecule has 1 aromatic rings. The van der Waals surface area contributed by atoms with Crippen LogP contribution in [-0.2, 0) is 11.3 Å². The molecule has 0 saturated carbocycles. The first-order valence-electron chi connectivity index (χ1n) is 7.22. The number of allylic oxidation sites excluding steroid dienone is 2. The molecule has 0 bridgehead atoms. The van der Waals surface area contributed by atoms with E-state index in [0.717, 1.165) is 47.5 Å². The first kappa shape index (κ1) is 14.6. The Bertz CT molecular complexity index is 571. The molecule has 0 saturated heterocycles. The summed E-state index contributed by atoms with van der Waals surface area (Å²) < 4.78 is 11.8. The fraction of sp³-hybridized carbons (Fsp3) is 0.438. The molecule has 0 spiro atoms. The fourth-order valence-corrected chi connectivity index (χ4v) is 3.06. The highest BCUT2D eigenvalue weighted by Gasteiger charge is 2.16. The van der Waals surface area contributed by atoms with Gasteiger partial charge in [0, 0.05) is 17.4 Å². The summed E-state index contributed by atoms with van der Waals surface area (Å²) in [5.74, 6) is 2.38. The second-order valence-corrected chi connectivity index (χ2v) is 6.24. The first-order valence-corrected chi connectivity index (χ1v) is 8.01. The van der Waals surface area contributed by atoms with Crippen LogP contribution in [0.3, 0.4) is 0 Å². The summed E-state index contributed by atoms with van der Waals surface area (Å²) in [5, 5.41) is 3.45. The number of rotatable bonds is 5. The van der Waals surface area contributed by atoms with E-state index in [1.165, 1.54) is 0 Å². The molecule has 1 aliphatic carbocycles. The Balaban J connectivity index is 1.47. The molecular formula is C16H18BrNO3. The molecule has 1 aliphatic heterocycles. The maximum atomic E-state index is 11.1. The number of halogens is 1. The number of nitrogens with one attached hydrogen (secondary N) is 1. The van der Waals surface area contributed by atoms with Crippen LogP contribution in [0, 0.1) is 5.92 Å². The number of ether oxygens (including phenoxy) is 2. The molecule has 0 fully saturated rings. The molecule has 3 rings (SSSR count). The number of carbonyl (C=O) groups excluding carboxylic acids is 1. The molecule has 112 valence electrons. The minimum Gasteiger partial charge on any atom is -0.454 e. The van der Waals surface area contributed by atoms with Crippen LogP contribution >= 0.6 is 15.9 Å². The number of ketones is 1. The van der Waals surface area contributed by atoms with Crippen molar-refractivity contribution in [1.29, 1.82) is 0 Å². The minimum absolute atomic E-state index is 0.253. The van der Waals surface area contributed by atoms with Gasteiger partial charge in [-0.2, -0.15) is 0 Å². The van der Waals surface area contributed by atoms with Gasteiger partial charge in [-0.25, -0.2) is 0 Å². The lowest BCUT2D eigenvalue weighted by molar-refractivity contribution is -0.115. The van der Waals surface area contributed by atoms with Crippen molar-refractivity contribution in [2.45, 2.75) is 25.8 Å². The Morgan fingerprint density at radius 1 is 1.29 bits per heavy atom. The van der Waals surface area contributed by atoms with Gasteiger partial charge in [0.25, 0.3) is 0 Å². The van der Waals surface area contributed by atoms with Gasteiger partial charge in [-0.3, -0.25) is 4.79 Å². The van der Waals surface area contributed by atoms with Crippen LogP contribution in [0.4, 0.5) is 0 Å². The van der Waals surface area contributed by atoms with Crippen molar-refractivity contribution >= 4 is 21.7 Å². The average molecular weight is 352 g/mol. The third-order valence-electron chi connectivity index (χ3n) is 3.86. The summed E-state index contributed by atoms with van der Waals surface area (Å²) in [6.07, 6.45) is 6.50. The van der Waals surface area contributed by atoms with Crippen molar-refractivity contribution in [3.63, 3.8) is 0 Å². The summed E-state index contributed by atoms with van der Waals surface area (Å²) in [7, 11) is 0. The zero-order valence-corrected chi connectivity index (χ0v) is 13.3. The largest absolute Gasteiger partial charge is 0.454 e. The summed E-state index contributed by atoms with van der Waals surface area (Å²) >= 11 is 3.56. The number of hydrogen-bond acceptors (Lipinski definition) is 4. The van der Waals surface area contributed by atoms with Crippen molar-refractivity contribution in [1.82, 2.24) is 5.32 Å². The molecule has 0 radical (unpaired) electrons. The Hall–Kier alpha value is -1.33. The van der Waals surface area contributed by atoms with Crippen LogP contribution in [0.2, 0.25) is 0 Å². The van der Waals surface area contributed by atoms with Crippen LogP contribution in [0.1, 0.15) is 24.8 Å². The lowest BCUT2D eigenvalue weighted by Crippen LogP contribution is -2.19. The summed E-state index contributed by atoms with van der Waals surface area (Å²) in [6, 6.07) is 3.97. The van der Waals surface area contributed by atoms with Gasteiger partial charge in [0.1, 0.15) is 0 Å². The molecule has 1 heterocycles. The van der Waals surface area contributed by atoms with E-state index in [1.807, 2.05) is 18.2 Å². The predicted octanol–water partition coefficient (Wildman–Crippen LogP) is 3.19. The number of carbonyl (C=O) groups is 1. The third kappa shape index (κ3) is 3.66. The monoisotopic (exact) mass is 351 g/mol. The molecule has 21 heavy (non-hydrogen) atoms. The van der Waals surface area contributed by atoms with E-state index in [1.54, 1.807) is 6.08 Å². The fourth-order valence-electron chi connectivity index (χ4n) is 2.60. The third-order valence-corrected chi connectivity index (χ3v) is 4.60. The van der Waals surface area contributed by atoms with Crippen LogP contribution < -0.4 is 14.8 Å². The molecule has 1 aromatic carbocycles. The first-order chi connectivity index (χ1) is 10.2. The lowest BCUT2D eigenvalue weighted by Gasteiger charge is -2.16.